The van der Waals surface area contributed by atoms with Crippen LogP contribution in [-0.2, 0) is 4.79 Å². The van der Waals surface area contributed by atoms with Crippen LogP contribution in [0, 0.1) is 0 Å². The zero-order chi connectivity index (χ0) is 14.0. The Morgan fingerprint density at radius 2 is 2.16 bits per heavy atom. The van der Waals surface area contributed by atoms with Crippen molar-refractivity contribution in [3.63, 3.8) is 0 Å². The number of hydrogen-bond acceptors (Lipinski definition) is 4. The van der Waals surface area contributed by atoms with E-state index in [1.165, 1.54) is 30.0 Å². The number of carbonyl (C=O) groups is 2. The summed E-state index contributed by atoms with van der Waals surface area (Å²) in [6.45, 7) is 0. The normalized spacial score (nSPS) is 22.2. The topological polar surface area (TPSA) is 86.6 Å². The van der Waals surface area contributed by atoms with Gasteiger partial charge in [0.25, 0.3) is 5.91 Å². The molecule has 1 aliphatic heterocycles. The van der Waals surface area contributed by atoms with E-state index in [1.54, 1.807) is 0 Å². The van der Waals surface area contributed by atoms with E-state index in [0.717, 1.165) is 0 Å². The zero-order valence-corrected chi connectivity index (χ0v) is 11.4. The third-order valence-corrected chi connectivity index (χ3v) is 4.49. The molecule has 1 saturated heterocycles. The lowest BCUT2D eigenvalue weighted by Crippen LogP contribution is -2.54. The molecule has 1 amide bonds. The molecule has 0 saturated carbocycles. The van der Waals surface area contributed by atoms with Gasteiger partial charge in [-0.2, -0.15) is 11.8 Å². The van der Waals surface area contributed by atoms with Crippen LogP contribution in [0.1, 0.15) is 16.8 Å². The number of hydrogen-bond donors (Lipinski definition) is 3. The Morgan fingerprint density at radius 3 is 2.68 bits per heavy atom. The lowest BCUT2D eigenvalue weighted by atomic mass is 9.98. The standard InChI is InChI=1S/C12H12ClNO4S/c13-8-5-7(1-2-9(8)15)10(16)14-12(11(17)18)3-4-19-6-12/h1-2,5,15H,3-4,6H2,(H,14,16)(H,17,18). The lowest BCUT2D eigenvalue weighted by molar-refractivity contribution is -0.143. The minimum atomic E-state index is -1.22. The second-order valence-electron chi connectivity index (χ2n) is 4.31. The van der Waals surface area contributed by atoms with E-state index in [9.17, 15) is 19.8 Å². The third-order valence-electron chi connectivity index (χ3n) is 2.99. The molecule has 0 radical (unpaired) electrons. The Balaban J connectivity index is 2.20. The van der Waals surface area contributed by atoms with Gasteiger partial charge in [0, 0.05) is 11.3 Å². The van der Waals surface area contributed by atoms with Gasteiger partial charge >= 0.3 is 5.97 Å². The number of amides is 1. The highest BCUT2D eigenvalue weighted by molar-refractivity contribution is 7.99. The van der Waals surface area contributed by atoms with Gasteiger partial charge in [-0.3, -0.25) is 4.79 Å². The lowest BCUT2D eigenvalue weighted by Gasteiger charge is -2.24. The highest BCUT2D eigenvalue weighted by Gasteiger charge is 2.43. The number of nitrogens with one attached hydrogen (secondary N) is 1. The van der Waals surface area contributed by atoms with E-state index in [-0.39, 0.29) is 16.3 Å². The summed E-state index contributed by atoms with van der Waals surface area (Å²) in [6.07, 6.45) is 0.393. The van der Waals surface area contributed by atoms with Crippen molar-refractivity contribution in [3.05, 3.63) is 28.8 Å². The molecule has 1 aliphatic rings. The molecule has 19 heavy (non-hydrogen) atoms. The predicted octanol–water partition coefficient (Wildman–Crippen LogP) is 1.74. The molecule has 1 heterocycles. The number of thioether (sulfide) groups is 1. The van der Waals surface area contributed by atoms with Crippen LogP contribution in [0.4, 0.5) is 0 Å². The number of aliphatic carboxylic acids is 1. The minimum Gasteiger partial charge on any atom is -0.506 e. The van der Waals surface area contributed by atoms with Crippen LogP contribution in [0.2, 0.25) is 5.02 Å². The van der Waals surface area contributed by atoms with Gasteiger partial charge in [-0.1, -0.05) is 11.6 Å². The fraction of sp³-hybridized carbons (Fsp3) is 0.333. The number of halogens is 1. The Bertz CT molecular complexity index is 528. The summed E-state index contributed by atoms with van der Waals surface area (Å²) in [6, 6.07) is 4.01. The number of carboxylic acid groups (broad SMARTS) is 1. The van der Waals surface area contributed by atoms with Gasteiger partial charge in [0.1, 0.15) is 11.3 Å². The fourth-order valence-electron chi connectivity index (χ4n) is 1.82. The first-order valence-electron chi connectivity index (χ1n) is 5.57. The number of rotatable bonds is 3. The van der Waals surface area contributed by atoms with Gasteiger partial charge in [-0.25, -0.2) is 4.79 Å². The molecule has 2 rings (SSSR count). The number of phenolic OH excluding ortho intramolecular Hbond substituents is 1. The van der Waals surface area contributed by atoms with E-state index in [2.05, 4.69) is 5.32 Å². The molecule has 1 unspecified atom stereocenters. The van der Waals surface area contributed by atoms with Crippen LogP contribution in [0.25, 0.3) is 0 Å². The van der Waals surface area contributed by atoms with Gasteiger partial charge < -0.3 is 15.5 Å². The molecule has 0 aliphatic carbocycles. The Hall–Kier alpha value is -1.40. The number of benzene rings is 1. The van der Waals surface area contributed by atoms with Gasteiger partial charge in [0.05, 0.1) is 5.02 Å². The van der Waals surface area contributed by atoms with Crippen molar-refractivity contribution in [3.8, 4) is 5.75 Å². The largest absolute Gasteiger partial charge is 0.506 e. The summed E-state index contributed by atoms with van der Waals surface area (Å²) in [5.74, 6) is -0.617. The molecule has 1 atom stereocenters. The molecule has 1 aromatic carbocycles. The smallest absolute Gasteiger partial charge is 0.330 e. The van der Waals surface area contributed by atoms with Crippen LogP contribution in [-0.4, -0.2) is 39.1 Å². The number of carboxylic acids is 1. The van der Waals surface area contributed by atoms with Crippen molar-refractivity contribution in [1.82, 2.24) is 5.32 Å². The van der Waals surface area contributed by atoms with Gasteiger partial charge in [0.15, 0.2) is 0 Å². The molecule has 1 aromatic rings. The van der Waals surface area contributed by atoms with Crippen molar-refractivity contribution < 1.29 is 19.8 Å². The van der Waals surface area contributed by atoms with Crippen molar-refractivity contribution in [2.75, 3.05) is 11.5 Å². The van der Waals surface area contributed by atoms with E-state index in [0.29, 0.717) is 17.9 Å². The van der Waals surface area contributed by atoms with E-state index < -0.39 is 17.4 Å². The van der Waals surface area contributed by atoms with Gasteiger partial charge in [0.2, 0.25) is 0 Å². The van der Waals surface area contributed by atoms with Gasteiger partial charge in [-0.05, 0) is 30.4 Å². The SMILES string of the molecule is O=C(NC1(C(=O)O)CCSC1)c1ccc(O)c(Cl)c1. The summed E-state index contributed by atoms with van der Waals surface area (Å²) in [7, 11) is 0. The van der Waals surface area contributed by atoms with E-state index in [4.69, 9.17) is 11.6 Å². The maximum absolute atomic E-state index is 12.0. The number of carbonyl (C=O) groups excluding carboxylic acids is 1. The van der Waals surface area contributed by atoms with Crippen molar-refractivity contribution >= 4 is 35.2 Å². The minimum absolute atomic E-state index is 0.0535. The first-order chi connectivity index (χ1) is 8.94. The monoisotopic (exact) mass is 301 g/mol. The number of aromatic hydroxyl groups is 1. The van der Waals surface area contributed by atoms with Gasteiger partial charge in [-0.15, -0.1) is 0 Å². The van der Waals surface area contributed by atoms with Crippen LogP contribution in [0.15, 0.2) is 18.2 Å². The summed E-state index contributed by atoms with van der Waals surface area (Å²) >= 11 is 7.21. The van der Waals surface area contributed by atoms with Crippen LogP contribution in [0.3, 0.4) is 0 Å². The Morgan fingerprint density at radius 1 is 1.42 bits per heavy atom. The predicted molar refractivity (Wildman–Crippen MR) is 72.9 cm³/mol. The highest BCUT2D eigenvalue weighted by Crippen LogP contribution is 2.29. The average molecular weight is 302 g/mol. The van der Waals surface area contributed by atoms with E-state index in [1.807, 2.05) is 0 Å². The molecule has 0 bridgehead atoms. The van der Waals surface area contributed by atoms with Crippen LogP contribution >= 0.6 is 23.4 Å². The molecule has 0 aromatic heterocycles. The fourth-order valence-corrected chi connectivity index (χ4v) is 3.33. The second-order valence-corrected chi connectivity index (χ2v) is 5.82. The van der Waals surface area contributed by atoms with Crippen molar-refractivity contribution in [2.24, 2.45) is 0 Å². The molecule has 5 nitrogen and oxygen atoms in total. The maximum atomic E-state index is 12.0. The van der Waals surface area contributed by atoms with Crippen molar-refractivity contribution in [1.29, 1.82) is 0 Å². The summed E-state index contributed by atoms with van der Waals surface area (Å²) in [4.78, 5) is 23.4. The first-order valence-corrected chi connectivity index (χ1v) is 7.10. The summed E-state index contributed by atoms with van der Waals surface area (Å²) < 4.78 is 0. The van der Waals surface area contributed by atoms with Crippen LogP contribution in [0.5, 0.6) is 5.75 Å². The van der Waals surface area contributed by atoms with Crippen molar-refractivity contribution in [2.45, 2.75) is 12.0 Å². The zero-order valence-electron chi connectivity index (χ0n) is 9.85. The molecule has 0 spiro atoms. The Kier molecular flexibility index (Phi) is 3.91. The molecule has 7 heteroatoms. The molecular weight excluding hydrogens is 290 g/mol. The average Bonchev–Trinajstić information content (AvgIpc) is 2.82. The molecule has 1 fully saturated rings. The third kappa shape index (κ3) is 2.79. The maximum Gasteiger partial charge on any atom is 0.330 e. The highest BCUT2D eigenvalue weighted by atomic mass is 35.5. The first kappa shape index (κ1) is 14.0. The summed E-state index contributed by atoms with van der Waals surface area (Å²) in [5.41, 5.74) is -0.994. The van der Waals surface area contributed by atoms with E-state index >= 15 is 0 Å². The summed E-state index contributed by atoms with van der Waals surface area (Å²) in [5, 5.41) is 21.2. The second kappa shape index (κ2) is 5.30. The molecule has 102 valence electrons. The quantitative estimate of drug-likeness (QED) is 0.791. The Labute approximate surface area is 119 Å². The molecular formula is C12H12ClNO4S. The van der Waals surface area contributed by atoms with Crippen LogP contribution < -0.4 is 5.32 Å². The molecule has 3 N–H and O–H groups in total. The number of phenols is 1.